The quantitative estimate of drug-likeness (QED) is 0.462. The fraction of sp³-hybridized carbons (Fsp3) is 0.304. The van der Waals surface area contributed by atoms with Gasteiger partial charge >= 0.3 is 6.03 Å². The predicted molar refractivity (Wildman–Crippen MR) is 139 cm³/mol. The van der Waals surface area contributed by atoms with Gasteiger partial charge in [0.1, 0.15) is 5.02 Å². The number of aryl methyl sites for hydroxylation is 2. The first-order valence-corrected chi connectivity index (χ1v) is 13.6. The zero-order valence-corrected chi connectivity index (χ0v) is 21.1. The van der Waals surface area contributed by atoms with Crippen LogP contribution in [0.15, 0.2) is 42.9 Å². The molecule has 188 valence electrons. The van der Waals surface area contributed by atoms with Gasteiger partial charge in [-0.15, -0.1) is 0 Å². The van der Waals surface area contributed by atoms with Crippen molar-refractivity contribution in [3.63, 3.8) is 0 Å². The number of benzene rings is 1. The smallest absolute Gasteiger partial charge is 0.321 e. The van der Waals surface area contributed by atoms with E-state index in [4.69, 9.17) is 11.6 Å². The summed E-state index contributed by atoms with van der Waals surface area (Å²) in [4.78, 5) is 27.7. The Morgan fingerprint density at radius 3 is 2.61 bits per heavy atom. The fourth-order valence-corrected chi connectivity index (χ4v) is 5.13. The molecule has 1 aromatic carbocycles. The molecule has 0 saturated carbocycles. The van der Waals surface area contributed by atoms with Gasteiger partial charge in [0.25, 0.3) is 0 Å². The number of fused-ring (bicyclic) bond motifs is 6. The number of anilines is 5. The minimum atomic E-state index is -3.27. The van der Waals surface area contributed by atoms with E-state index in [2.05, 4.69) is 30.9 Å². The third kappa shape index (κ3) is 5.50. The first kappa shape index (κ1) is 24.2. The monoisotopic (exact) mass is 528 g/mol. The summed E-state index contributed by atoms with van der Waals surface area (Å²) in [6.07, 6.45) is 7.55. The number of carbonyl (C=O) groups excluding carboxylic acids is 1. The van der Waals surface area contributed by atoms with Crippen molar-refractivity contribution in [3.8, 4) is 0 Å². The van der Waals surface area contributed by atoms with E-state index < -0.39 is 10.0 Å². The topological polar surface area (TPSA) is 132 Å². The number of hydrogen-bond acceptors (Lipinski definition) is 8. The average Bonchev–Trinajstić information content (AvgIpc) is 2.86. The number of piperazine rings is 1. The summed E-state index contributed by atoms with van der Waals surface area (Å²) < 4.78 is 24.9. The lowest BCUT2D eigenvalue weighted by molar-refractivity contribution is 0.184. The third-order valence-electron chi connectivity index (χ3n) is 6.08. The molecule has 5 rings (SSSR count). The Bertz CT molecular complexity index is 1410. The molecule has 2 aliphatic rings. The van der Waals surface area contributed by atoms with Crippen molar-refractivity contribution in [1.82, 2.24) is 24.2 Å². The summed E-state index contributed by atoms with van der Waals surface area (Å²) in [6.45, 7) is 1.21. The second kappa shape index (κ2) is 9.88. The zero-order chi connectivity index (χ0) is 25.3. The summed E-state index contributed by atoms with van der Waals surface area (Å²) in [5, 5.41) is 9.77. The molecule has 2 aliphatic heterocycles. The molecule has 1 saturated heterocycles. The second-order valence-electron chi connectivity index (χ2n) is 8.67. The molecule has 36 heavy (non-hydrogen) atoms. The largest absolute Gasteiger partial charge is 0.339 e. The lowest BCUT2D eigenvalue weighted by Gasteiger charge is -2.33. The van der Waals surface area contributed by atoms with Crippen LogP contribution in [0.2, 0.25) is 5.02 Å². The Kier molecular flexibility index (Phi) is 6.65. The van der Waals surface area contributed by atoms with E-state index in [0.29, 0.717) is 48.4 Å². The fourth-order valence-electron chi connectivity index (χ4n) is 4.17. The normalized spacial score (nSPS) is 16.0. The van der Waals surface area contributed by atoms with Gasteiger partial charge in [-0.1, -0.05) is 11.6 Å². The van der Waals surface area contributed by atoms with Crippen LogP contribution < -0.4 is 16.0 Å². The van der Waals surface area contributed by atoms with Gasteiger partial charge in [-0.2, -0.15) is 9.29 Å². The van der Waals surface area contributed by atoms with Crippen LogP contribution in [0.25, 0.3) is 0 Å². The number of aromatic nitrogens is 3. The van der Waals surface area contributed by atoms with Gasteiger partial charge in [0.2, 0.25) is 16.0 Å². The molecule has 2 aromatic heterocycles. The van der Waals surface area contributed by atoms with Crippen LogP contribution in [0.1, 0.15) is 11.1 Å². The lowest BCUT2D eigenvalue weighted by Crippen LogP contribution is -2.51. The third-order valence-corrected chi connectivity index (χ3v) is 7.66. The maximum atomic E-state index is 13.0. The first-order valence-electron chi connectivity index (χ1n) is 11.4. The van der Waals surface area contributed by atoms with Crippen LogP contribution in [0, 0.1) is 0 Å². The number of pyridine rings is 1. The van der Waals surface area contributed by atoms with Crippen LogP contribution in [-0.4, -0.2) is 71.0 Å². The van der Waals surface area contributed by atoms with Crippen molar-refractivity contribution in [2.45, 2.75) is 12.8 Å². The van der Waals surface area contributed by atoms with E-state index in [1.165, 1.54) is 16.8 Å². The van der Waals surface area contributed by atoms with Gasteiger partial charge in [-0.25, -0.2) is 18.2 Å². The summed E-state index contributed by atoms with van der Waals surface area (Å²) in [5.74, 6) is 0.837. The molecule has 0 radical (unpaired) electrons. The van der Waals surface area contributed by atoms with E-state index >= 15 is 0 Å². The van der Waals surface area contributed by atoms with E-state index in [9.17, 15) is 13.2 Å². The Labute approximate surface area is 214 Å². The molecule has 0 unspecified atom stereocenters. The highest BCUT2D eigenvalue weighted by Crippen LogP contribution is 2.29. The first-order chi connectivity index (χ1) is 17.2. The van der Waals surface area contributed by atoms with Crippen molar-refractivity contribution in [2.75, 3.05) is 48.4 Å². The van der Waals surface area contributed by atoms with Gasteiger partial charge < -0.3 is 20.9 Å². The number of urea groups is 1. The number of halogens is 1. The number of carbonyl (C=O) groups is 1. The van der Waals surface area contributed by atoms with Crippen LogP contribution in [0.4, 0.5) is 33.6 Å². The average molecular weight is 529 g/mol. The number of sulfonamides is 1. The minimum absolute atomic E-state index is 0.264. The van der Waals surface area contributed by atoms with Crippen LogP contribution >= 0.6 is 11.6 Å². The molecular weight excluding hydrogens is 504 g/mol. The summed E-state index contributed by atoms with van der Waals surface area (Å²) in [5.41, 5.74) is 4.14. The highest BCUT2D eigenvalue weighted by molar-refractivity contribution is 7.88. The molecule has 2 amide bonds. The molecule has 1 fully saturated rings. The van der Waals surface area contributed by atoms with Crippen molar-refractivity contribution in [3.05, 3.63) is 59.0 Å². The van der Waals surface area contributed by atoms with E-state index in [0.717, 1.165) is 22.5 Å². The SMILES string of the molecule is CS(=O)(=O)N1CCN(C(=O)Nc2ccc3cc2CCc2cncc(c2)Nc2ncc(Cl)c(n2)N3)CC1. The Morgan fingerprint density at radius 2 is 1.83 bits per heavy atom. The minimum Gasteiger partial charge on any atom is -0.339 e. The predicted octanol–water partition coefficient (Wildman–Crippen LogP) is 3.22. The highest BCUT2D eigenvalue weighted by atomic mass is 35.5. The van der Waals surface area contributed by atoms with Crippen LogP contribution in [0.5, 0.6) is 0 Å². The van der Waals surface area contributed by atoms with Crippen molar-refractivity contribution >= 4 is 56.5 Å². The molecule has 0 aliphatic carbocycles. The lowest BCUT2D eigenvalue weighted by atomic mass is 10.0. The van der Waals surface area contributed by atoms with Crippen LogP contribution in [0.3, 0.4) is 0 Å². The maximum absolute atomic E-state index is 13.0. The van der Waals surface area contributed by atoms with Crippen molar-refractivity contribution < 1.29 is 13.2 Å². The number of nitrogens with one attached hydrogen (secondary N) is 3. The molecule has 4 heterocycles. The molecule has 0 spiro atoms. The molecule has 3 N–H and O–H groups in total. The summed E-state index contributed by atoms with van der Waals surface area (Å²) in [7, 11) is -3.27. The van der Waals surface area contributed by atoms with Gasteiger partial charge in [-0.05, 0) is 48.2 Å². The zero-order valence-electron chi connectivity index (χ0n) is 19.5. The number of nitrogens with zero attached hydrogens (tertiary/aromatic N) is 5. The second-order valence-corrected chi connectivity index (χ2v) is 11.1. The Balaban J connectivity index is 1.40. The standard InChI is InChI=1S/C23H25ClN8O3S/c1-36(34,35)32-8-6-31(7-9-32)23(33)29-20-5-4-17-11-16(20)3-2-15-10-18(13-25-12-15)28-22-26-14-19(24)21(27-17)30-22/h4-5,10-14H,2-3,6-9H2,1H3,(H,29,33)(H2,26,27,28,30). The van der Waals surface area contributed by atoms with Gasteiger partial charge in [0, 0.05) is 43.8 Å². The summed E-state index contributed by atoms with van der Waals surface area (Å²) >= 11 is 6.33. The number of amides is 2. The number of rotatable bonds is 2. The molecule has 13 heteroatoms. The van der Waals surface area contributed by atoms with Gasteiger partial charge in [0.15, 0.2) is 5.82 Å². The van der Waals surface area contributed by atoms with Crippen molar-refractivity contribution in [2.24, 2.45) is 0 Å². The highest BCUT2D eigenvalue weighted by Gasteiger charge is 2.26. The number of hydrogen-bond donors (Lipinski definition) is 3. The Morgan fingerprint density at radius 1 is 1.03 bits per heavy atom. The van der Waals surface area contributed by atoms with Crippen molar-refractivity contribution in [1.29, 1.82) is 0 Å². The van der Waals surface area contributed by atoms with Gasteiger partial charge in [0.05, 0.1) is 24.3 Å². The summed E-state index contributed by atoms with van der Waals surface area (Å²) in [6, 6.07) is 7.36. The van der Waals surface area contributed by atoms with E-state index in [-0.39, 0.29) is 19.1 Å². The molecule has 11 nitrogen and oxygen atoms in total. The molecular formula is C23H25ClN8O3S. The molecule has 6 bridgehead atoms. The maximum Gasteiger partial charge on any atom is 0.321 e. The van der Waals surface area contributed by atoms with Crippen LogP contribution in [-0.2, 0) is 22.9 Å². The van der Waals surface area contributed by atoms with E-state index in [1.807, 2.05) is 24.3 Å². The molecule has 3 aromatic rings. The molecule has 0 atom stereocenters. The Hall–Kier alpha value is -3.48. The van der Waals surface area contributed by atoms with Gasteiger partial charge in [-0.3, -0.25) is 4.98 Å². The van der Waals surface area contributed by atoms with E-state index in [1.54, 1.807) is 17.3 Å².